The second-order valence-electron chi connectivity index (χ2n) is 6.23. The third kappa shape index (κ3) is 2.87. The van der Waals surface area contributed by atoms with E-state index in [1.165, 1.54) is 32.4 Å². The van der Waals surface area contributed by atoms with Gasteiger partial charge in [0.25, 0.3) is 0 Å². The molecule has 2 heterocycles. The third-order valence-corrected chi connectivity index (χ3v) is 4.39. The van der Waals surface area contributed by atoms with E-state index in [1.54, 1.807) is 0 Å². The molecule has 0 spiro atoms. The molecule has 5 heteroatoms. The van der Waals surface area contributed by atoms with Crippen molar-refractivity contribution in [2.75, 3.05) is 44.4 Å². The lowest BCUT2D eigenvalue weighted by molar-refractivity contribution is 0.399. The van der Waals surface area contributed by atoms with Gasteiger partial charge < -0.3 is 15.5 Å². The Morgan fingerprint density at radius 1 is 1.20 bits per heavy atom. The Labute approximate surface area is 121 Å². The zero-order valence-electron chi connectivity index (χ0n) is 12.7. The first kappa shape index (κ1) is 13.6. The van der Waals surface area contributed by atoms with Crippen LogP contribution in [0.4, 0.5) is 11.6 Å². The molecule has 2 fully saturated rings. The van der Waals surface area contributed by atoms with Gasteiger partial charge in [0.2, 0.25) is 0 Å². The summed E-state index contributed by atoms with van der Waals surface area (Å²) in [7, 11) is 4.13. The summed E-state index contributed by atoms with van der Waals surface area (Å²) in [5.41, 5.74) is 1.13. The van der Waals surface area contributed by atoms with Crippen molar-refractivity contribution in [1.29, 1.82) is 0 Å². The highest BCUT2D eigenvalue weighted by atomic mass is 15.1. The second-order valence-corrected chi connectivity index (χ2v) is 6.23. The molecule has 1 aliphatic heterocycles. The van der Waals surface area contributed by atoms with Crippen molar-refractivity contribution in [2.24, 2.45) is 5.92 Å². The van der Waals surface area contributed by atoms with Crippen LogP contribution in [0.1, 0.15) is 36.6 Å². The van der Waals surface area contributed by atoms with Crippen LogP contribution >= 0.6 is 0 Å². The van der Waals surface area contributed by atoms with Crippen molar-refractivity contribution in [1.82, 2.24) is 14.9 Å². The summed E-state index contributed by atoms with van der Waals surface area (Å²) in [6.07, 6.45) is 3.75. The molecular formula is C15H25N5. The molecule has 0 radical (unpaired) electrons. The molecule has 3 rings (SSSR count). The molecule has 1 aromatic heterocycles. The molecule has 1 saturated carbocycles. The summed E-state index contributed by atoms with van der Waals surface area (Å²) in [5, 5.41) is 6.75. The van der Waals surface area contributed by atoms with Crippen LogP contribution in [0, 0.1) is 12.8 Å². The van der Waals surface area contributed by atoms with Crippen LogP contribution in [-0.2, 0) is 0 Å². The van der Waals surface area contributed by atoms with Gasteiger partial charge in [-0.1, -0.05) is 0 Å². The van der Waals surface area contributed by atoms with E-state index >= 15 is 0 Å². The largest absolute Gasteiger partial charge is 0.373 e. The van der Waals surface area contributed by atoms with Gasteiger partial charge in [-0.3, -0.25) is 0 Å². The third-order valence-electron chi connectivity index (χ3n) is 4.39. The monoisotopic (exact) mass is 275 g/mol. The molecule has 1 aromatic rings. The lowest BCUT2D eigenvalue weighted by atomic mass is 10.1. The summed E-state index contributed by atoms with van der Waals surface area (Å²) in [6.45, 7) is 5.50. The Kier molecular flexibility index (Phi) is 3.78. The first-order valence-electron chi connectivity index (χ1n) is 7.66. The van der Waals surface area contributed by atoms with E-state index in [4.69, 9.17) is 4.98 Å². The number of nitrogens with one attached hydrogen (secondary N) is 2. The predicted octanol–water partition coefficient (Wildman–Crippen LogP) is 2.07. The Hall–Kier alpha value is -1.36. The van der Waals surface area contributed by atoms with E-state index in [0.29, 0.717) is 5.92 Å². The fourth-order valence-electron chi connectivity index (χ4n) is 2.91. The van der Waals surface area contributed by atoms with Crippen LogP contribution in [0.3, 0.4) is 0 Å². The van der Waals surface area contributed by atoms with Gasteiger partial charge in [-0.05, 0) is 45.7 Å². The lowest BCUT2D eigenvalue weighted by Crippen LogP contribution is -2.20. The maximum Gasteiger partial charge on any atom is 0.136 e. The molecule has 0 bridgehead atoms. The molecule has 0 aromatic carbocycles. The number of aromatic nitrogens is 2. The van der Waals surface area contributed by atoms with Crippen LogP contribution in [0.2, 0.25) is 0 Å². The maximum absolute atomic E-state index is 4.75. The first-order valence-corrected chi connectivity index (χ1v) is 7.66. The van der Waals surface area contributed by atoms with E-state index in [-0.39, 0.29) is 0 Å². The summed E-state index contributed by atoms with van der Waals surface area (Å²) in [6, 6.07) is 0. The number of anilines is 2. The van der Waals surface area contributed by atoms with Crippen molar-refractivity contribution in [3.8, 4) is 0 Å². The highest BCUT2D eigenvalue weighted by molar-refractivity contribution is 5.57. The van der Waals surface area contributed by atoms with Crippen LogP contribution in [0.25, 0.3) is 0 Å². The minimum atomic E-state index is 0.584. The number of hydrogen-bond acceptors (Lipinski definition) is 5. The van der Waals surface area contributed by atoms with Gasteiger partial charge in [0.1, 0.15) is 17.5 Å². The molecule has 1 atom stereocenters. The van der Waals surface area contributed by atoms with Gasteiger partial charge in [0.05, 0.1) is 0 Å². The fourth-order valence-corrected chi connectivity index (χ4v) is 2.91. The van der Waals surface area contributed by atoms with Gasteiger partial charge in [-0.15, -0.1) is 0 Å². The van der Waals surface area contributed by atoms with E-state index in [1.807, 2.05) is 7.05 Å². The smallest absolute Gasteiger partial charge is 0.136 e. The topological polar surface area (TPSA) is 53.1 Å². The summed E-state index contributed by atoms with van der Waals surface area (Å²) in [4.78, 5) is 11.8. The van der Waals surface area contributed by atoms with Gasteiger partial charge in [-0.25, -0.2) is 9.97 Å². The van der Waals surface area contributed by atoms with Gasteiger partial charge in [0, 0.05) is 31.6 Å². The summed E-state index contributed by atoms with van der Waals surface area (Å²) >= 11 is 0. The molecule has 1 unspecified atom stereocenters. The normalized spacial score (nSPS) is 23.1. The lowest BCUT2D eigenvalue weighted by Gasteiger charge is -2.16. The maximum atomic E-state index is 4.75. The minimum Gasteiger partial charge on any atom is -0.373 e. The first-order chi connectivity index (χ1) is 9.67. The number of nitrogens with zero attached hydrogens (tertiary/aromatic N) is 3. The fraction of sp³-hybridized carbons (Fsp3) is 0.733. The van der Waals surface area contributed by atoms with Crippen molar-refractivity contribution in [3.63, 3.8) is 0 Å². The molecule has 1 saturated heterocycles. The molecule has 5 nitrogen and oxygen atoms in total. The van der Waals surface area contributed by atoms with Crippen LogP contribution in [0.5, 0.6) is 0 Å². The minimum absolute atomic E-state index is 0.584. The Morgan fingerprint density at radius 2 is 1.95 bits per heavy atom. The van der Waals surface area contributed by atoms with Gasteiger partial charge in [0.15, 0.2) is 0 Å². The van der Waals surface area contributed by atoms with Crippen molar-refractivity contribution >= 4 is 11.6 Å². The average Bonchev–Trinajstić information content (AvgIpc) is 3.21. The highest BCUT2D eigenvalue weighted by Crippen LogP contribution is 2.39. The van der Waals surface area contributed by atoms with Crippen LogP contribution < -0.4 is 10.6 Å². The molecule has 2 aliphatic rings. The number of hydrogen-bond donors (Lipinski definition) is 2. The zero-order chi connectivity index (χ0) is 14.1. The molecule has 0 amide bonds. The van der Waals surface area contributed by atoms with Crippen molar-refractivity contribution < 1.29 is 0 Å². The predicted molar refractivity (Wildman–Crippen MR) is 82.4 cm³/mol. The van der Waals surface area contributed by atoms with E-state index in [9.17, 15) is 0 Å². The Balaban J connectivity index is 1.72. The average molecular weight is 275 g/mol. The Bertz CT molecular complexity index is 483. The number of rotatable bonds is 5. The second kappa shape index (κ2) is 5.56. The molecule has 1 aliphatic carbocycles. The van der Waals surface area contributed by atoms with Crippen molar-refractivity contribution in [2.45, 2.75) is 32.1 Å². The van der Waals surface area contributed by atoms with Crippen LogP contribution in [0.15, 0.2) is 0 Å². The number of likely N-dealkylation sites (tertiary alicyclic amines) is 1. The summed E-state index contributed by atoms with van der Waals surface area (Å²) < 4.78 is 0. The standard InChI is InChI=1S/C15H25N5/c1-10-13(16-2)18-15(12-4-5-12)19-14(10)17-8-11-6-7-20(3)9-11/h11-12H,4-9H2,1-3H3,(H2,16,17,18,19). The summed E-state index contributed by atoms with van der Waals surface area (Å²) in [5.74, 6) is 4.30. The molecule has 20 heavy (non-hydrogen) atoms. The molecule has 2 N–H and O–H groups in total. The molecule has 110 valence electrons. The SMILES string of the molecule is CNc1nc(C2CC2)nc(NCC2CCN(C)C2)c1C. The van der Waals surface area contributed by atoms with E-state index in [0.717, 1.165) is 35.5 Å². The van der Waals surface area contributed by atoms with Crippen LogP contribution in [-0.4, -0.2) is 48.6 Å². The van der Waals surface area contributed by atoms with E-state index < -0.39 is 0 Å². The quantitative estimate of drug-likeness (QED) is 0.861. The Morgan fingerprint density at radius 3 is 2.55 bits per heavy atom. The van der Waals surface area contributed by atoms with Gasteiger partial charge in [-0.2, -0.15) is 0 Å². The molecular weight excluding hydrogens is 250 g/mol. The van der Waals surface area contributed by atoms with E-state index in [2.05, 4.69) is 34.5 Å². The zero-order valence-corrected chi connectivity index (χ0v) is 12.7. The van der Waals surface area contributed by atoms with Crippen molar-refractivity contribution in [3.05, 3.63) is 11.4 Å². The van der Waals surface area contributed by atoms with Gasteiger partial charge >= 0.3 is 0 Å². The highest BCUT2D eigenvalue weighted by Gasteiger charge is 2.28.